The number of nitrogens with one attached hydrogen (secondary N) is 1. The van der Waals surface area contributed by atoms with E-state index in [1.54, 1.807) is 6.07 Å². The molecule has 1 unspecified atom stereocenters. The highest BCUT2D eigenvalue weighted by Crippen LogP contribution is 2.26. The van der Waals surface area contributed by atoms with Crippen LogP contribution in [0.3, 0.4) is 0 Å². The zero-order valence-corrected chi connectivity index (χ0v) is 12.7. The fraction of sp³-hybridized carbons (Fsp3) is 0.471. The van der Waals surface area contributed by atoms with Crippen LogP contribution in [0.4, 0.5) is 0 Å². The van der Waals surface area contributed by atoms with E-state index < -0.39 is 0 Å². The summed E-state index contributed by atoms with van der Waals surface area (Å²) in [6.45, 7) is 3.07. The van der Waals surface area contributed by atoms with Crippen molar-refractivity contribution in [3.63, 3.8) is 0 Å². The first-order valence-corrected chi connectivity index (χ1v) is 7.41. The molecule has 21 heavy (non-hydrogen) atoms. The van der Waals surface area contributed by atoms with Crippen LogP contribution < -0.4 is 11.1 Å². The van der Waals surface area contributed by atoms with Crippen molar-refractivity contribution in [2.75, 3.05) is 20.1 Å². The van der Waals surface area contributed by atoms with Crippen molar-refractivity contribution >= 4 is 5.91 Å². The van der Waals surface area contributed by atoms with Gasteiger partial charge in [0.15, 0.2) is 0 Å². The lowest BCUT2D eigenvalue weighted by Crippen LogP contribution is -2.41. The van der Waals surface area contributed by atoms with Crippen molar-refractivity contribution in [1.82, 2.24) is 10.2 Å². The molecule has 1 amide bonds. The van der Waals surface area contributed by atoms with Gasteiger partial charge in [-0.25, -0.2) is 0 Å². The van der Waals surface area contributed by atoms with E-state index in [4.69, 9.17) is 5.73 Å². The summed E-state index contributed by atoms with van der Waals surface area (Å²) in [7, 11) is 2.12. The second kappa shape index (κ2) is 7.26. The van der Waals surface area contributed by atoms with Gasteiger partial charge in [0.05, 0.1) is 12.1 Å². The number of nitrogens with two attached hydrogens (primary N) is 1. The maximum Gasteiger partial charge on any atom is 0.252 e. The van der Waals surface area contributed by atoms with Gasteiger partial charge in [-0.05, 0) is 38.9 Å². The summed E-state index contributed by atoms with van der Waals surface area (Å²) in [5.41, 5.74) is 6.73. The van der Waals surface area contributed by atoms with Crippen LogP contribution in [0.25, 0.3) is 0 Å². The summed E-state index contributed by atoms with van der Waals surface area (Å²) in [6, 6.07) is 8.40. The third kappa shape index (κ3) is 4.32. The second-order valence-corrected chi connectivity index (χ2v) is 5.51. The SMILES string of the molecule is CC(CNC(=O)c1ccccc1C#CCN)N(C)C1CC1. The van der Waals surface area contributed by atoms with Gasteiger partial charge in [0.1, 0.15) is 0 Å². The van der Waals surface area contributed by atoms with E-state index in [-0.39, 0.29) is 5.91 Å². The minimum Gasteiger partial charge on any atom is -0.350 e. The van der Waals surface area contributed by atoms with Crippen LogP contribution in [-0.4, -0.2) is 43.0 Å². The largest absolute Gasteiger partial charge is 0.350 e. The Morgan fingerprint density at radius 2 is 2.19 bits per heavy atom. The van der Waals surface area contributed by atoms with Gasteiger partial charge in [-0.1, -0.05) is 24.0 Å². The van der Waals surface area contributed by atoms with E-state index in [2.05, 4.69) is 36.0 Å². The van der Waals surface area contributed by atoms with Gasteiger partial charge in [-0.3, -0.25) is 9.69 Å². The Hall–Kier alpha value is -1.83. The Morgan fingerprint density at radius 1 is 1.48 bits per heavy atom. The van der Waals surface area contributed by atoms with Crippen LogP contribution >= 0.6 is 0 Å². The molecule has 1 aromatic rings. The third-order valence-corrected chi connectivity index (χ3v) is 3.87. The summed E-state index contributed by atoms with van der Waals surface area (Å²) in [5, 5.41) is 3.00. The summed E-state index contributed by atoms with van der Waals surface area (Å²) in [6.07, 6.45) is 2.54. The molecule has 0 saturated heterocycles. The van der Waals surface area contributed by atoms with Crippen LogP contribution in [0.1, 0.15) is 35.7 Å². The average Bonchev–Trinajstić information content (AvgIpc) is 3.34. The van der Waals surface area contributed by atoms with E-state index >= 15 is 0 Å². The number of carbonyl (C=O) groups is 1. The zero-order chi connectivity index (χ0) is 15.2. The molecule has 3 N–H and O–H groups in total. The smallest absolute Gasteiger partial charge is 0.252 e. The Kier molecular flexibility index (Phi) is 5.38. The summed E-state index contributed by atoms with van der Waals surface area (Å²) < 4.78 is 0. The summed E-state index contributed by atoms with van der Waals surface area (Å²) >= 11 is 0. The highest BCUT2D eigenvalue weighted by atomic mass is 16.1. The van der Waals surface area contributed by atoms with Crippen molar-refractivity contribution in [3.05, 3.63) is 35.4 Å². The van der Waals surface area contributed by atoms with Gasteiger partial charge in [0.25, 0.3) is 5.91 Å². The van der Waals surface area contributed by atoms with Crippen LogP contribution in [0.5, 0.6) is 0 Å². The van der Waals surface area contributed by atoms with E-state index in [0.717, 1.165) is 5.56 Å². The average molecular weight is 285 g/mol. The molecular weight excluding hydrogens is 262 g/mol. The van der Waals surface area contributed by atoms with Gasteiger partial charge >= 0.3 is 0 Å². The van der Waals surface area contributed by atoms with Gasteiger partial charge < -0.3 is 11.1 Å². The molecule has 1 fully saturated rings. The first-order chi connectivity index (χ1) is 10.1. The van der Waals surface area contributed by atoms with Crippen molar-refractivity contribution in [3.8, 4) is 11.8 Å². The Labute approximate surface area is 126 Å². The fourth-order valence-corrected chi connectivity index (χ4v) is 2.26. The normalized spacial score (nSPS) is 15.2. The standard InChI is InChI=1S/C17H23N3O/c1-13(20(2)15-9-10-15)12-19-17(21)16-8-4-3-6-14(16)7-5-11-18/h3-4,6,8,13,15H,9-12,18H2,1-2H3,(H,19,21). The Bertz CT molecular complexity index is 555. The van der Waals surface area contributed by atoms with Crippen molar-refractivity contribution in [1.29, 1.82) is 0 Å². The molecular formula is C17H23N3O. The first-order valence-electron chi connectivity index (χ1n) is 7.41. The van der Waals surface area contributed by atoms with E-state index in [0.29, 0.717) is 30.7 Å². The van der Waals surface area contributed by atoms with E-state index in [1.165, 1.54) is 12.8 Å². The van der Waals surface area contributed by atoms with Gasteiger partial charge in [0, 0.05) is 24.2 Å². The lowest BCUT2D eigenvalue weighted by atomic mass is 10.1. The van der Waals surface area contributed by atoms with Gasteiger partial charge in [0.2, 0.25) is 0 Å². The van der Waals surface area contributed by atoms with Crippen molar-refractivity contribution < 1.29 is 4.79 Å². The molecule has 1 aromatic carbocycles. The first kappa shape index (κ1) is 15.6. The number of carbonyl (C=O) groups excluding carboxylic acids is 1. The maximum atomic E-state index is 12.3. The number of rotatable bonds is 5. The molecule has 4 heteroatoms. The third-order valence-electron chi connectivity index (χ3n) is 3.87. The number of nitrogens with zero attached hydrogens (tertiary/aromatic N) is 1. The van der Waals surface area contributed by atoms with Crippen molar-refractivity contribution in [2.45, 2.75) is 31.8 Å². The van der Waals surface area contributed by atoms with E-state index in [1.807, 2.05) is 18.2 Å². The summed E-state index contributed by atoms with van der Waals surface area (Å²) in [5.74, 6) is 5.67. The van der Waals surface area contributed by atoms with Gasteiger partial charge in [-0.2, -0.15) is 0 Å². The molecule has 0 radical (unpaired) electrons. The quantitative estimate of drug-likeness (QED) is 0.800. The Morgan fingerprint density at radius 3 is 2.86 bits per heavy atom. The van der Waals surface area contributed by atoms with Gasteiger partial charge in [-0.15, -0.1) is 0 Å². The molecule has 0 spiro atoms. The molecule has 4 nitrogen and oxygen atoms in total. The van der Waals surface area contributed by atoms with Crippen LogP contribution in [0, 0.1) is 11.8 Å². The zero-order valence-electron chi connectivity index (χ0n) is 12.7. The fourth-order valence-electron chi connectivity index (χ4n) is 2.26. The predicted octanol–water partition coefficient (Wildman–Crippen LogP) is 1.21. The molecule has 1 atom stereocenters. The van der Waals surface area contributed by atoms with Crippen molar-refractivity contribution in [2.24, 2.45) is 5.73 Å². The number of amides is 1. The predicted molar refractivity (Wildman–Crippen MR) is 85.0 cm³/mol. The molecule has 2 rings (SSSR count). The number of likely N-dealkylation sites (N-methyl/N-ethyl adjacent to an activating group) is 1. The lowest BCUT2D eigenvalue weighted by molar-refractivity contribution is 0.0939. The highest BCUT2D eigenvalue weighted by molar-refractivity contribution is 5.96. The minimum atomic E-state index is -0.0760. The number of hydrogen-bond acceptors (Lipinski definition) is 3. The monoisotopic (exact) mass is 285 g/mol. The molecule has 1 aliphatic rings. The summed E-state index contributed by atoms with van der Waals surface area (Å²) in [4.78, 5) is 14.6. The number of benzene rings is 1. The van der Waals surface area contributed by atoms with Crippen LogP contribution in [-0.2, 0) is 0 Å². The molecule has 1 aliphatic carbocycles. The number of hydrogen-bond donors (Lipinski definition) is 2. The Balaban J connectivity index is 1.96. The maximum absolute atomic E-state index is 12.3. The highest BCUT2D eigenvalue weighted by Gasteiger charge is 2.29. The molecule has 1 saturated carbocycles. The lowest BCUT2D eigenvalue weighted by Gasteiger charge is -2.24. The molecule has 0 aliphatic heterocycles. The topological polar surface area (TPSA) is 58.4 Å². The molecule has 0 aromatic heterocycles. The second-order valence-electron chi connectivity index (χ2n) is 5.51. The molecule has 0 bridgehead atoms. The van der Waals surface area contributed by atoms with Crippen LogP contribution in [0.2, 0.25) is 0 Å². The van der Waals surface area contributed by atoms with Crippen LogP contribution in [0.15, 0.2) is 24.3 Å². The van der Waals surface area contributed by atoms with E-state index in [9.17, 15) is 4.79 Å². The molecule has 0 heterocycles. The molecule has 112 valence electrons. The minimum absolute atomic E-state index is 0.0760.